The molecule has 0 unspecified atom stereocenters. The van der Waals surface area contributed by atoms with Gasteiger partial charge in [-0.05, 0) is 30.2 Å². The van der Waals surface area contributed by atoms with Crippen LogP contribution in [0.25, 0.3) is 0 Å². The molecule has 7 nitrogen and oxygen atoms in total. The highest BCUT2D eigenvalue weighted by Gasteiger charge is 2.20. The molecule has 0 amide bonds. The first kappa shape index (κ1) is 12.0. The maximum absolute atomic E-state index is 12.2. The summed E-state index contributed by atoms with van der Waals surface area (Å²) in [4.78, 5) is 0.186. The number of sulfonamides is 1. The van der Waals surface area contributed by atoms with Gasteiger partial charge in [0.25, 0.3) is 10.0 Å². The molecule has 100 valence electrons. The Kier molecular flexibility index (Phi) is 2.67. The summed E-state index contributed by atoms with van der Waals surface area (Å²) < 4.78 is 31.6. The molecule has 1 aromatic carbocycles. The van der Waals surface area contributed by atoms with Crippen molar-refractivity contribution in [2.45, 2.75) is 18.2 Å². The Morgan fingerprint density at radius 3 is 2.95 bits per heavy atom. The van der Waals surface area contributed by atoms with Gasteiger partial charge in [0.1, 0.15) is 0 Å². The topological polar surface area (TPSA) is 97.1 Å². The molecule has 0 spiro atoms. The number of aryl methyl sites for hydroxylation is 1. The summed E-state index contributed by atoms with van der Waals surface area (Å²) in [5.74, 6) is 0.302. The van der Waals surface area contributed by atoms with Crippen LogP contribution in [-0.4, -0.2) is 25.2 Å². The monoisotopic (exact) mass is 280 g/mol. The molecule has 1 aliphatic heterocycles. The first-order valence-corrected chi connectivity index (χ1v) is 7.23. The van der Waals surface area contributed by atoms with E-state index in [0.717, 1.165) is 24.2 Å². The normalized spacial score (nSPS) is 13.9. The van der Waals surface area contributed by atoms with E-state index in [1.54, 1.807) is 25.1 Å². The Labute approximate surface area is 110 Å². The fourth-order valence-electron chi connectivity index (χ4n) is 1.96. The third-order valence-electron chi connectivity index (χ3n) is 2.84. The van der Waals surface area contributed by atoms with Gasteiger partial charge in [-0.1, -0.05) is 5.10 Å². The summed E-state index contributed by atoms with van der Waals surface area (Å²) in [5, 5.41) is 10.4. The quantitative estimate of drug-likeness (QED) is 0.875. The van der Waals surface area contributed by atoms with Gasteiger partial charge in [-0.3, -0.25) is 0 Å². The van der Waals surface area contributed by atoms with Crippen LogP contribution in [0.3, 0.4) is 0 Å². The minimum Gasteiger partial charge on any atom is -0.408 e. The SMILES string of the molecule is Cc1nnc(NS(=O)(=O)c2ccc3c(c2)CCN3)o1. The van der Waals surface area contributed by atoms with Crippen LogP contribution in [-0.2, 0) is 16.4 Å². The highest BCUT2D eigenvalue weighted by molar-refractivity contribution is 7.92. The first-order valence-electron chi connectivity index (χ1n) is 5.74. The summed E-state index contributed by atoms with van der Waals surface area (Å²) in [5.41, 5.74) is 1.97. The predicted octanol–water partition coefficient (Wildman–Crippen LogP) is 1.15. The number of aromatic nitrogens is 2. The fourth-order valence-corrected chi connectivity index (χ4v) is 2.93. The number of nitrogens with one attached hydrogen (secondary N) is 2. The second-order valence-electron chi connectivity index (χ2n) is 4.23. The van der Waals surface area contributed by atoms with Crippen molar-refractivity contribution in [2.24, 2.45) is 0 Å². The van der Waals surface area contributed by atoms with Crippen LogP contribution in [0.1, 0.15) is 11.5 Å². The molecule has 2 aromatic rings. The molecule has 0 fully saturated rings. The molecule has 0 bridgehead atoms. The van der Waals surface area contributed by atoms with Crippen molar-refractivity contribution in [3.63, 3.8) is 0 Å². The highest BCUT2D eigenvalue weighted by Crippen LogP contribution is 2.25. The van der Waals surface area contributed by atoms with Gasteiger partial charge in [-0.25, -0.2) is 13.1 Å². The lowest BCUT2D eigenvalue weighted by molar-refractivity contribution is 0.534. The van der Waals surface area contributed by atoms with E-state index in [-0.39, 0.29) is 10.9 Å². The maximum Gasteiger partial charge on any atom is 0.329 e. The molecule has 0 radical (unpaired) electrons. The second-order valence-corrected chi connectivity index (χ2v) is 5.91. The molecule has 0 saturated carbocycles. The zero-order valence-corrected chi connectivity index (χ0v) is 11.0. The minimum atomic E-state index is -3.70. The van der Waals surface area contributed by atoms with Gasteiger partial charge in [-0.15, -0.1) is 5.10 Å². The van der Waals surface area contributed by atoms with Crippen molar-refractivity contribution >= 4 is 21.7 Å². The largest absolute Gasteiger partial charge is 0.408 e. The van der Waals surface area contributed by atoms with Gasteiger partial charge in [0.05, 0.1) is 4.90 Å². The molecule has 3 rings (SSSR count). The van der Waals surface area contributed by atoms with E-state index >= 15 is 0 Å². The number of hydrogen-bond donors (Lipinski definition) is 2. The number of nitrogens with zero attached hydrogens (tertiary/aromatic N) is 2. The molecule has 8 heteroatoms. The maximum atomic E-state index is 12.2. The zero-order chi connectivity index (χ0) is 13.5. The Balaban J connectivity index is 1.92. The van der Waals surface area contributed by atoms with Crippen molar-refractivity contribution in [1.29, 1.82) is 0 Å². The van der Waals surface area contributed by atoms with Gasteiger partial charge in [0, 0.05) is 19.2 Å². The van der Waals surface area contributed by atoms with Crippen LogP contribution in [0.4, 0.5) is 11.7 Å². The van der Waals surface area contributed by atoms with E-state index in [1.165, 1.54) is 0 Å². The third-order valence-corrected chi connectivity index (χ3v) is 4.16. The summed E-state index contributed by atoms with van der Waals surface area (Å²) in [6, 6.07) is 4.83. The molecule has 2 N–H and O–H groups in total. The third kappa shape index (κ3) is 2.26. The van der Waals surface area contributed by atoms with Crippen molar-refractivity contribution in [3.8, 4) is 0 Å². The summed E-state index contributed by atoms with van der Waals surface area (Å²) in [6.07, 6.45) is 0.818. The lowest BCUT2D eigenvalue weighted by atomic mass is 10.2. The van der Waals surface area contributed by atoms with Crippen molar-refractivity contribution < 1.29 is 12.8 Å². The lowest BCUT2D eigenvalue weighted by Gasteiger charge is -2.06. The number of rotatable bonds is 3. The van der Waals surface area contributed by atoms with Crippen LogP contribution in [0.15, 0.2) is 27.5 Å². The molecular formula is C11H12N4O3S. The van der Waals surface area contributed by atoms with Gasteiger partial charge >= 0.3 is 6.01 Å². The molecule has 0 aliphatic carbocycles. The fraction of sp³-hybridized carbons (Fsp3) is 0.273. The molecule has 19 heavy (non-hydrogen) atoms. The van der Waals surface area contributed by atoms with E-state index in [0.29, 0.717) is 5.89 Å². The van der Waals surface area contributed by atoms with Crippen LogP contribution >= 0.6 is 0 Å². The molecule has 0 saturated heterocycles. The highest BCUT2D eigenvalue weighted by atomic mass is 32.2. The van der Waals surface area contributed by atoms with Crippen molar-refractivity contribution in [1.82, 2.24) is 10.2 Å². The van der Waals surface area contributed by atoms with Crippen LogP contribution in [0.2, 0.25) is 0 Å². The van der Waals surface area contributed by atoms with Crippen molar-refractivity contribution in [2.75, 3.05) is 16.6 Å². The van der Waals surface area contributed by atoms with E-state index in [4.69, 9.17) is 4.42 Å². The summed E-state index contributed by atoms with van der Waals surface area (Å²) in [7, 11) is -3.70. The molecule has 1 aliphatic rings. The van der Waals surface area contributed by atoms with Crippen LogP contribution in [0, 0.1) is 6.92 Å². The Bertz CT molecular complexity index is 723. The van der Waals surface area contributed by atoms with Crippen molar-refractivity contribution in [3.05, 3.63) is 29.7 Å². The lowest BCUT2D eigenvalue weighted by Crippen LogP contribution is -2.13. The number of hydrogen-bond acceptors (Lipinski definition) is 6. The predicted molar refractivity (Wildman–Crippen MR) is 68.5 cm³/mol. The average molecular weight is 280 g/mol. The standard InChI is InChI=1S/C11H12N4O3S/c1-7-13-14-11(18-7)15-19(16,17)9-2-3-10-8(6-9)4-5-12-10/h2-3,6,12H,4-5H2,1H3,(H,14,15). The molecular weight excluding hydrogens is 268 g/mol. The Morgan fingerprint density at radius 2 is 2.21 bits per heavy atom. The number of benzene rings is 1. The van der Waals surface area contributed by atoms with Crippen LogP contribution in [0.5, 0.6) is 0 Å². The number of fused-ring (bicyclic) bond motifs is 1. The van der Waals surface area contributed by atoms with E-state index in [9.17, 15) is 8.42 Å². The average Bonchev–Trinajstić information content (AvgIpc) is 2.96. The van der Waals surface area contributed by atoms with Gasteiger partial charge in [0.2, 0.25) is 5.89 Å². The Hall–Kier alpha value is -2.09. The van der Waals surface area contributed by atoms with Gasteiger partial charge in [0.15, 0.2) is 0 Å². The molecule has 1 aromatic heterocycles. The minimum absolute atomic E-state index is 0.129. The van der Waals surface area contributed by atoms with E-state index in [1.807, 2.05) is 0 Å². The number of anilines is 2. The second kappa shape index (κ2) is 4.23. The van der Waals surface area contributed by atoms with Gasteiger partial charge < -0.3 is 9.73 Å². The molecule has 0 atom stereocenters. The van der Waals surface area contributed by atoms with Crippen LogP contribution < -0.4 is 10.0 Å². The molecule has 2 heterocycles. The smallest absolute Gasteiger partial charge is 0.329 e. The first-order chi connectivity index (χ1) is 9.04. The van der Waals surface area contributed by atoms with Gasteiger partial charge in [-0.2, -0.15) is 0 Å². The van der Waals surface area contributed by atoms with E-state index < -0.39 is 10.0 Å². The summed E-state index contributed by atoms with van der Waals surface area (Å²) >= 11 is 0. The Morgan fingerprint density at radius 1 is 1.37 bits per heavy atom. The van der Waals surface area contributed by atoms with E-state index in [2.05, 4.69) is 20.2 Å². The summed E-state index contributed by atoms with van der Waals surface area (Å²) in [6.45, 7) is 2.42. The zero-order valence-electron chi connectivity index (χ0n) is 10.2.